The Labute approximate surface area is 97.3 Å². The first-order valence-corrected chi connectivity index (χ1v) is 4.68. The zero-order valence-corrected chi connectivity index (χ0v) is 8.99. The standard InChI is InChI=1S/C11H11NO5/c1-17-8-3-2-6(4-7(8)5-12)9(13)10(14)11(15)16/h2-4,9-10,13-14H,1H3,(H,15,16). The van der Waals surface area contributed by atoms with E-state index in [1.165, 1.54) is 25.3 Å². The van der Waals surface area contributed by atoms with Crippen molar-refractivity contribution in [3.8, 4) is 11.8 Å². The first-order valence-electron chi connectivity index (χ1n) is 4.68. The maximum absolute atomic E-state index is 10.5. The van der Waals surface area contributed by atoms with E-state index in [-0.39, 0.29) is 11.1 Å². The number of benzene rings is 1. The van der Waals surface area contributed by atoms with Gasteiger partial charge < -0.3 is 20.1 Å². The topological polar surface area (TPSA) is 111 Å². The van der Waals surface area contributed by atoms with Crippen LogP contribution < -0.4 is 4.74 Å². The predicted molar refractivity (Wildman–Crippen MR) is 56.3 cm³/mol. The van der Waals surface area contributed by atoms with Crippen LogP contribution in [0.15, 0.2) is 18.2 Å². The average Bonchev–Trinajstić information content (AvgIpc) is 2.35. The Kier molecular flexibility index (Phi) is 4.04. The van der Waals surface area contributed by atoms with E-state index in [0.717, 1.165) is 0 Å². The molecule has 0 saturated heterocycles. The fourth-order valence-corrected chi connectivity index (χ4v) is 1.31. The van der Waals surface area contributed by atoms with E-state index < -0.39 is 18.2 Å². The van der Waals surface area contributed by atoms with Gasteiger partial charge in [0.15, 0.2) is 6.10 Å². The molecule has 17 heavy (non-hydrogen) atoms. The molecule has 1 aromatic rings. The summed E-state index contributed by atoms with van der Waals surface area (Å²) in [5.41, 5.74) is 0.291. The molecule has 1 aromatic carbocycles. The molecule has 0 aliphatic heterocycles. The molecule has 6 heteroatoms. The Bertz CT molecular complexity index is 465. The minimum absolute atomic E-state index is 0.136. The second-order valence-corrected chi connectivity index (χ2v) is 3.30. The van der Waals surface area contributed by atoms with Gasteiger partial charge in [-0.25, -0.2) is 4.79 Å². The zero-order chi connectivity index (χ0) is 13.0. The number of nitrogens with zero attached hydrogens (tertiary/aromatic N) is 1. The summed E-state index contributed by atoms with van der Waals surface area (Å²) < 4.78 is 4.90. The fraction of sp³-hybridized carbons (Fsp3) is 0.273. The zero-order valence-electron chi connectivity index (χ0n) is 8.99. The highest BCUT2D eigenvalue weighted by atomic mass is 16.5. The number of hydrogen-bond donors (Lipinski definition) is 3. The van der Waals surface area contributed by atoms with Crippen molar-refractivity contribution in [2.75, 3.05) is 7.11 Å². The van der Waals surface area contributed by atoms with Gasteiger partial charge in [-0.05, 0) is 17.7 Å². The molecule has 0 fully saturated rings. The number of aliphatic carboxylic acids is 1. The van der Waals surface area contributed by atoms with Gasteiger partial charge in [0.05, 0.1) is 12.7 Å². The summed E-state index contributed by atoms with van der Waals surface area (Å²) in [4.78, 5) is 10.5. The average molecular weight is 237 g/mol. The fourth-order valence-electron chi connectivity index (χ4n) is 1.31. The van der Waals surface area contributed by atoms with Crippen LogP contribution in [0.3, 0.4) is 0 Å². The van der Waals surface area contributed by atoms with Crippen LogP contribution in [0.25, 0.3) is 0 Å². The number of carbonyl (C=O) groups is 1. The van der Waals surface area contributed by atoms with Gasteiger partial charge in [-0.3, -0.25) is 0 Å². The minimum Gasteiger partial charge on any atom is -0.495 e. The van der Waals surface area contributed by atoms with Crippen molar-refractivity contribution >= 4 is 5.97 Å². The van der Waals surface area contributed by atoms with E-state index >= 15 is 0 Å². The second-order valence-electron chi connectivity index (χ2n) is 3.30. The van der Waals surface area contributed by atoms with Gasteiger partial charge in [-0.15, -0.1) is 0 Å². The predicted octanol–water partition coefficient (Wildman–Crippen LogP) is 0.0458. The molecule has 0 heterocycles. The number of carboxylic acids is 1. The Balaban J connectivity index is 3.08. The van der Waals surface area contributed by atoms with Crippen molar-refractivity contribution in [2.24, 2.45) is 0 Å². The van der Waals surface area contributed by atoms with Crippen LogP contribution in [0.5, 0.6) is 5.75 Å². The molecule has 0 bridgehead atoms. The van der Waals surface area contributed by atoms with Gasteiger partial charge in [0.25, 0.3) is 0 Å². The number of hydrogen-bond acceptors (Lipinski definition) is 5. The van der Waals surface area contributed by atoms with Gasteiger partial charge in [0, 0.05) is 0 Å². The highest BCUT2D eigenvalue weighted by molar-refractivity contribution is 5.73. The number of carboxylic acid groups (broad SMARTS) is 1. The molecule has 0 radical (unpaired) electrons. The number of nitriles is 1. The van der Waals surface area contributed by atoms with Crippen LogP contribution in [0.4, 0.5) is 0 Å². The molecule has 0 spiro atoms. The highest BCUT2D eigenvalue weighted by Gasteiger charge is 2.25. The Hall–Kier alpha value is -2.10. The van der Waals surface area contributed by atoms with Crippen LogP contribution in [-0.2, 0) is 4.79 Å². The number of ether oxygens (including phenoxy) is 1. The molecule has 0 aliphatic carbocycles. The first kappa shape index (κ1) is 13.0. The SMILES string of the molecule is COc1ccc(C(O)C(O)C(=O)O)cc1C#N. The van der Waals surface area contributed by atoms with Crippen LogP contribution >= 0.6 is 0 Å². The monoisotopic (exact) mass is 237 g/mol. The van der Waals surface area contributed by atoms with Gasteiger partial charge in [0.1, 0.15) is 17.9 Å². The lowest BCUT2D eigenvalue weighted by molar-refractivity contribution is -0.153. The summed E-state index contributed by atoms with van der Waals surface area (Å²) in [6.07, 6.45) is -3.53. The maximum Gasteiger partial charge on any atom is 0.335 e. The summed E-state index contributed by atoms with van der Waals surface area (Å²) in [6, 6.07) is 5.93. The lowest BCUT2D eigenvalue weighted by atomic mass is 10.0. The van der Waals surface area contributed by atoms with Crippen molar-refractivity contribution in [1.82, 2.24) is 0 Å². The molecule has 0 amide bonds. The molecule has 0 aliphatic rings. The summed E-state index contributed by atoms with van der Waals surface area (Å²) in [5, 5.41) is 36.1. The van der Waals surface area contributed by atoms with E-state index in [9.17, 15) is 15.0 Å². The van der Waals surface area contributed by atoms with E-state index in [1.54, 1.807) is 0 Å². The largest absolute Gasteiger partial charge is 0.495 e. The summed E-state index contributed by atoms with van der Waals surface area (Å²) in [5.74, 6) is -1.22. The number of aliphatic hydroxyl groups is 2. The number of aliphatic hydroxyl groups excluding tert-OH is 2. The third-order valence-electron chi connectivity index (χ3n) is 2.24. The van der Waals surface area contributed by atoms with Gasteiger partial charge >= 0.3 is 5.97 Å². The molecule has 3 N–H and O–H groups in total. The molecule has 1 rings (SSSR count). The van der Waals surface area contributed by atoms with Crippen LogP contribution in [0, 0.1) is 11.3 Å². The molecule has 0 aromatic heterocycles. The summed E-state index contributed by atoms with van der Waals surface area (Å²) in [6.45, 7) is 0. The number of rotatable bonds is 4. The minimum atomic E-state index is -1.94. The molecular weight excluding hydrogens is 226 g/mol. The second kappa shape index (κ2) is 5.30. The van der Waals surface area contributed by atoms with E-state index in [0.29, 0.717) is 5.75 Å². The Morgan fingerprint density at radius 3 is 2.59 bits per heavy atom. The van der Waals surface area contributed by atoms with Crippen LogP contribution in [-0.4, -0.2) is 34.5 Å². The van der Waals surface area contributed by atoms with Crippen LogP contribution in [0.1, 0.15) is 17.2 Å². The van der Waals surface area contributed by atoms with Crippen molar-refractivity contribution in [3.63, 3.8) is 0 Å². The van der Waals surface area contributed by atoms with Crippen molar-refractivity contribution in [1.29, 1.82) is 5.26 Å². The molecular formula is C11H11NO5. The Morgan fingerprint density at radius 1 is 1.47 bits per heavy atom. The molecule has 0 saturated carbocycles. The molecule has 2 unspecified atom stereocenters. The maximum atomic E-state index is 10.5. The first-order chi connectivity index (χ1) is 8.01. The lowest BCUT2D eigenvalue weighted by Gasteiger charge is -2.15. The summed E-state index contributed by atoms with van der Waals surface area (Å²) >= 11 is 0. The molecule has 2 atom stereocenters. The van der Waals surface area contributed by atoms with Gasteiger partial charge in [-0.1, -0.05) is 6.07 Å². The van der Waals surface area contributed by atoms with Crippen LogP contribution in [0.2, 0.25) is 0 Å². The Morgan fingerprint density at radius 2 is 2.12 bits per heavy atom. The summed E-state index contributed by atoms with van der Waals surface area (Å²) in [7, 11) is 1.39. The third kappa shape index (κ3) is 2.72. The third-order valence-corrected chi connectivity index (χ3v) is 2.24. The number of methoxy groups -OCH3 is 1. The van der Waals surface area contributed by atoms with E-state index in [2.05, 4.69) is 0 Å². The van der Waals surface area contributed by atoms with Crippen molar-refractivity contribution < 1.29 is 24.9 Å². The molecule has 90 valence electrons. The van der Waals surface area contributed by atoms with Crippen molar-refractivity contribution in [3.05, 3.63) is 29.3 Å². The van der Waals surface area contributed by atoms with Crippen molar-refractivity contribution in [2.45, 2.75) is 12.2 Å². The lowest BCUT2D eigenvalue weighted by Crippen LogP contribution is -2.27. The van der Waals surface area contributed by atoms with Gasteiger partial charge in [-0.2, -0.15) is 5.26 Å². The van der Waals surface area contributed by atoms with E-state index in [4.69, 9.17) is 15.1 Å². The highest BCUT2D eigenvalue weighted by Crippen LogP contribution is 2.24. The van der Waals surface area contributed by atoms with Gasteiger partial charge in [0.2, 0.25) is 0 Å². The van der Waals surface area contributed by atoms with E-state index in [1.807, 2.05) is 6.07 Å². The quantitative estimate of drug-likeness (QED) is 0.682. The normalized spacial score (nSPS) is 13.5. The smallest absolute Gasteiger partial charge is 0.335 e. The molecule has 6 nitrogen and oxygen atoms in total.